The van der Waals surface area contributed by atoms with Crippen molar-refractivity contribution in [1.29, 1.82) is 0 Å². The molecule has 0 fully saturated rings. The molecule has 2 heterocycles. The molecule has 0 saturated carbocycles. The monoisotopic (exact) mass is 287 g/mol. The summed E-state index contributed by atoms with van der Waals surface area (Å²) < 4.78 is 1.46. The summed E-state index contributed by atoms with van der Waals surface area (Å²) in [5.74, 6) is 0.203. The number of hydrogen-bond donors (Lipinski definition) is 1. The van der Waals surface area contributed by atoms with E-state index in [9.17, 15) is 14.4 Å². The van der Waals surface area contributed by atoms with Gasteiger partial charge in [0.05, 0.1) is 5.39 Å². The van der Waals surface area contributed by atoms with Crippen LogP contribution in [0.15, 0.2) is 15.8 Å². The minimum absolute atomic E-state index is 0.0137. The lowest BCUT2D eigenvalue weighted by Gasteiger charge is -2.22. The third-order valence-corrected chi connectivity index (χ3v) is 3.96. The zero-order chi connectivity index (χ0) is 15.3. The molecular weight excluding hydrogens is 270 g/mol. The Morgan fingerprint density at radius 3 is 2.67 bits per heavy atom. The molecule has 0 saturated heterocycles. The first-order chi connectivity index (χ1) is 9.90. The smallest absolute Gasteiger partial charge is 0.294 e. The van der Waals surface area contributed by atoms with Crippen LogP contribution in [0.25, 0.3) is 11.0 Å². The summed E-state index contributed by atoms with van der Waals surface area (Å²) in [5.41, 5.74) is 0.669. The minimum Gasteiger partial charge on any atom is -0.294 e. The van der Waals surface area contributed by atoms with Crippen LogP contribution in [-0.4, -0.2) is 20.3 Å². The fraction of sp³-hybridized carbons (Fsp3) is 0.467. The number of aromatic nitrogens is 3. The fourth-order valence-corrected chi connectivity index (χ4v) is 3.05. The molecule has 0 aromatic carbocycles. The van der Waals surface area contributed by atoms with Gasteiger partial charge < -0.3 is 0 Å². The van der Waals surface area contributed by atoms with Crippen LogP contribution in [-0.2, 0) is 6.42 Å². The Bertz CT molecular complexity index is 861. The Labute approximate surface area is 120 Å². The van der Waals surface area contributed by atoms with Crippen molar-refractivity contribution in [3.05, 3.63) is 38.2 Å². The molecule has 3 rings (SSSR count). The van der Waals surface area contributed by atoms with Crippen molar-refractivity contribution in [2.24, 2.45) is 5.92 Å². The van der Waals surface area contributed by atoms with Gasteiger partial charge in [-0.1, -0.05) is 6.92 Å². The van der Waals surface area contributed by atoms with E-state index in [2.05, 4.69) is 9.97 Å². The van der Waals surface area contributed by atoms with Gasteiger partial charge in [-0.15, -0.1) is 0 Å². The fourth-order valence-electron chi connectivity index (χ4n) is 3.05. The van der Waals surface area contributed by atoms with E-state index in [0.717, 1.165) is 5.56 Å². The van der Waals surface area contributed by atoms with Crippen molar-refractivity contribution in [2.75, 3.05) is 0 Å². The highest BCUT2D eigenvalue weighted by Gasteiger charge is 2.27. The van der Waals surface area contributed by atoms with Gasteiger partial charge in [-0.25, -0.2) is 9.78 Å². The van der Waals surface area contributed by atoms with Gasteiger partial charge in [0.15, 0.2) is 5.78 Å². The molecule has 1 aliphatic rings. The third-order valence-electron chi connectivity index (χ3n) is 3.96. The molecule has 110 valence electrons. The SMILES string of the molecule is CC1CC(=O)c2cnc3c(c2C1)c(=O)[nH]c(=O)n3C(C)C. The molecule has 6 nitrogen and oxygen atoms in total. The van der Waals surface area contributed by atoms with Crippen LogP contribution < -0.4 is 11.2 Å². The van der Waals surface area contributed by atoms with E-state index < -0.39 is 11.2 Å². The standard InChI is InChI=1S/C15H17N3O3/c1-7(2)18-13-12(14(20)17-15(18)21)9-4-8(3)5-11(19)10(9)6-16-13/h6-8H,4-5H2,1-3H3,(H,17,20,21). The van der Waals surface area contributed by atoms with Gasteiger partial charge in [-0.2, -0.15) is 0 Å². The van der Waals surface area contributed by atoms with E-state index >= 15 is 0 Å². The Morgan fingerprint density at radius 2 is 2.00 bits per heavy atom. The average molecular weight is 287 g/mol. The first-order valence-electron chi connectivity index (χ1n) is 7.09. The number of H-pyrrole nitrogens is 1. The summed E-state index contributed by atoms with van der Waals surface area (Å²) in [4.78, 5) is 42.9. The number of rotatable bonds is 1. The Balaban J connectivity index is 2.48. The topological polar surface area (TPSA) is 84.8 Å². The Hall–Kier alpha value is -2.24. The third kappa shape index (κ3) is 2.02. The molecule has 0 amide bonds. The number of carbonyl (C=O) groups excluding carboxylic acids is 1. The van der Waals surface area contributed by atoms with Crippen molar-refractivity contribution < 1.29 is 4.79 Å². The number of ketones is 1. The first-order valence-corrected chi connectivity index (χ1v) is 7.09. The van der Waals surface area contributed by atoms with Crippen LogP contribution in [0, 0.1) is 5.92 Å². The minimum atomic E-state index is -0.467. The second kappa shape index (κ2) is 4.65. The zero-order valence-electron chi connectivity index (χ0n) is 12.3. The summed E-state index contributed by atoms with van der Waals surface area (Å²) in [7, 11) is 0. The van der Waals surface area contributed by atoms with Crippen molar-refractivity contribution >= 4 is 16.8 Å². The van der Waals surface area contributed by atoms with Gasteiger partial charge in [0, 0.05) is 24.2 Å². The van der Waals surface area contributed by atoms with Gasteiger partial charge >= 0.3 is 5.69 Å². The number of hydrogen-bond acceptors (Lipinski definition) is 4. The number of aromatic amines is 1. The number of nitrogens with one attached hydrogen (secondary N) is 1. The predicted molar refractivity (Wildman–Crippen MR) is 78.8 cm³/mol. The quantitative estimate of drug-likeness (QED) is 0.859. The average Bonchev–Trinajstić information content (AvgIpc) is 2.36. The van der Waals surface area contributed by atoms with Gasteiger partial charge in [-0.05, 0) is 31.7 Å². The number of Topliss-reactive ketones (excluding diaryl/α,β-unsaturated/α-hetero) is 1. The lowest BCUT2D eigenvalue weighted by molar-refractivity contribution is 0.0953. The largest absolute Gasteiger partial charge is 0.330 e. The second-order valence-corrected chi connectivity index (χ2v) is 6.01. The summed E-state index contributed by atoms with van der Waals surface area (Å²) in [6.45, 7) is 5.70. The molecule has 1 N–H and O–H groups in total. The van der Waals surface area contributed by atoms with E-state index in [-0.39, 0.29) is 17.7 Å². The Morgan fingerprint density at radius 1 is 1.29 bits per heavy atom. The van der Waals surface area contributed by atoms with Crippen LogP contribution in [0.5, 0.6) is 0 Å². The highest BCUT2D eigenvalue weighted by atomic mass is 16.2. The normalized spacial score (nSPS) is 18.3. The Kier molecular flexibility index (Phi) is 3.04. The maximum atomic E-state index is 12.2. The van der Waals surface area contributed by atoms with Gasteiger partial charge in [0.2, 0.25) is 0 Å². The molecule has 21 heavy (non-hydrogen) atoms. The van der Waals surface area contributed by atoms with E-state index in [1.807, 2.05) is 20.8 Å². The van der Waals surface area contributed by atoms with Gasteiger partial charge in [0.25, 0.3) is 5.56 Å². The molecule has 2 aromatic heterocycles. The van der Waals surface area contributed by atoms with Crippen molar-refractivity contribution in [3.8, 4) is 0 Å². The highest BCUT2D eigenvalue weighted by Crippen LogP contribution is 2.28. The summed E-state index contributed by atoms with van der Waals surface area (Å²) in [6, 6.07) is -0.126. The van der Waals surface area contributed by atoms with E-state index in [0.29, 0.717) is 29.4 Å². The van der Waals surface area contributed by atoms with Gasteiger partial charge in [-0.3, -0.25) is 19.1 Å². The van der Waals surface area contributed by atoms with Crippen LogP contribution in [0.3, 0.4) is 0 Å². The lowest BCUT2D eigenvalue weighted by Crippen LogP contribution is -2.33. The highest BCUT2D eigenvalue weighted by molar-refractivity contribution is 6.02. The summed E-state index contributed by atoms with van der Waals surface area (Å²) in [6.07, 6.45) is 2.63. The van der Waals surface area contributed by atoms with Crippen LogP contribution in [0.1, 0.15) is 49.2 Å². The molecule has 6 heteroatoms. The number of fused-ring (bicyclic) bond motifs is 3. The van der Waals surface area contributed by atoms with E-state index in [1.165, 1.54) is 10.8 Å². The van der Waals surface area contributed by atoms with Crippen LogP contribution >= 0.6 is 0 Å². The van der Waals surface area contributed by atoms with Crippen molar-refractivity contribution in [1.82, 2.24) is 14.5 Å². The van der Waals surface area contributed by atoms with Crippen LogP contribution in [0.4, 0.5) is 0 Å². The van der Waals surface area contributed by atoms with Crippen molar-refractivity contribution in [3.63, 3.8) is 0 Å². The molecule has 0 spiro atoms. The van der Waals surface area contributed by atoms with Crippen molar-refractivity contribution in [2.45, 2.75) is 39.7 Å². The van der Waals surface area contributed by atoms with Crippen LogP contribution in [0.2, 0.25) is 0 Å². The molecule has 2 aromatic rings. The molecule has 1 unspecified atom stereocenters. The molecule has 0 aliphatic heterocycles. The molecule has 0 radical (unpaired) electrons. The molecule has 1 aliphatic carbocycles. The molecular formula is C15H17N3O3. The first kappa shape index (κ1) is 13.7. The predicted octanol–water partition coefficient (Wildman–Crippen LogP) is 1.43. The second-order valence-electron chi connectivity index (χ2n) is 6.01. The maximum absolute atomic E-state index is 12.2. The lowest BCUT2D eigenvalue weighted by atomic mass is 9.84. The van der Waals surface area contributed by atoms with Gasteiger partial charge in [0.1, 0.15) is 5.65 Å². The number of pyridine rings is 1. The summed E-state index contributed by atoms with van der Waals surface area (Å²) in [5, 5.41) is 0.376. The number of nitrogens with zero attached hydrogens (tertiary/aromatic N) is 2. The zero-order valence-corrected chi connectivity index (χ0v) is 12.3. The maximum Gasteiger partial charge on any atom is 0.330 e. The molecule has 0 bridgehead atoms. The number of carbonyl (C=O) groups is 1. The van der Waals surface area contributed by atoms with E-state index in [1.54, 1.807) is 0 Å². The molecule has 1 atom stereocenters. The van der Waals surface area contributed by atoms with E-state index in [4.69, 9.17) is 0 Å². The summed E-state index contributed by atoms with van der Waals surface area (Å²) >= 11 is 0.